The van der Waals surface area contributed by atoms with E-state index >= 15 is 0 Å². The van der Waals surface area contributed by atoms with E-state index in [1.807, 2.05) is 0 Å². The fourth-order valence-electron chi connectivity index (χ4n) is 2.36. The van der Waals surface area contributed by atoms with Gasteiger partial charge in [-0.2, -0.15) is 13.2 Å². The Hall–Kier alpha value is -0.690. The summed E-state index contributed by atoms with van der Waals surface area (Å²) in [4.78, 5) is 13.0. The molecule has 1 amide bonds. The highest BCUT2D eigenvalue weighted by Crippen LogP contribution is 2.49. The third kappa shape index (κ3) is 3.45. The molecule has 0 aromatic rings. The lowest BCUT2D eigenvalue weighted by atomic mass is 10.2. The van der Waals surface area contributed by atoms with Gasteiger partial charge in [-0.25, -0.2) is 4.79 Å². The highest BCUT2D eigenvalue weighted by atomic mass is 35.5. The summed E-state index contributed by atoms with van der Waals surface area (Å²) < 4.78 is 43.2. The molecular formula is C11H18ClF3N2O2. The van der Waals surface area contributed by atoms with Gasteiger partial charge in [0.15, 0.2) is 0 Å². The maximum Gasteiger partial charge on any atom is 0.410 e. The molecule has 3 unspecified atom stereocenters. The number of halogens is 4. The summed E-state index contributed by atoms with van der Waals surface area (Å²) >= 11 is 0. The lowest BCUT2D eigenvalue weighted by Gasteiger charge is -2.30. The van der Waals surface area contributed by atoms with Crippen LogP contribution in [-0.2, 0) is 4.74 Å². The molecule has 2 fully saturated rings. The van der Waals surface area contributed by atoms with Gasteiger partial charge in [-0.05, 0) is 20.8 Å². The summed E-state index contributed by atoms with van der Waals surface area (Å²) in [6.45, 7) is 5.70. The van der Waals surface area contributed by atoms with E-state index in [1.165, 1.54) is 4.90 Å². The third-order valence-corrected chi connectivity index (χ3v) is 3.08. The van der Waals surface area contributed by atoms with Crippen molar-refractivity contribution in [1.82, 2.24) is 10.2 Å². The fourth-order valence-corrected chi connectivity index (χ4v) is 2.36. The Morgan fingerprint density at radius 1 is 1.32 bits per heavy atom. The number of fused-ring (bicyclic) bond motifs is 1. The summed E-state index contributed by atoms with van der Waals surface area (Å²) in [6, 6.07) is -1.49. The maximum absolute atomic E-state index is 12.7. The molecule has 3 atom stereocenters. The Morgan fingerprint density at radius 2 is 1.89 bits per heavy atom. The second-order valence-corrected chi connectivity index (χ2v) is 5.71. The van der Waals surface area contributed by atoms with E-state index < -0.39 is 35.9 Å². The Bertz CT molecular complexity index is 357. The minimum atomic E-state index is -4.27. The van der Waals surface area contributed by atoms with Crippen molar-refractivity contribution in [2.24, 2.45) is 5.92 Å². The number of amides is 1. The molecule has 1 heterocycles. The van der Waals surface area contributed by atoms with Gasteiger partial charge < -0.3 is 15.0 Å². The topological polar surface area (TPSA) is 41.6 Å². The summed E-state index contributed by atoms with van der Waals surface area (Å²) in [5.74, 6) is -1.47. The highest BCUT2D eigenvalue weighted by Gasteiger charge is 2.68. The van der Waals surface area contributed by atoms with Crippen LogP contribution in [0.25, 0.3) is 0 Å². The number of hydrogen-bond acceptors (Lipinski definition) is 3. The highest BCUT2D eigenvalue weighted by molar-refractivity contribution is 5.85. The van der Waals surface area contributed by atoms with Crippen LogP contribution < -0.4 is 5.32 Å². The zero-order chi connectivity index (χ0) is 13.7. The van der Waals surface area contributed by atoms with Crippen LogP contribution in [0.1, 0.15) is 20.8 Å². The number of alkyl halides is 3. The van der Waals surface area contributed by atoms with Gasteiger partial charge in [-0.1, -0.05) is 0 Å². The van der Waals surface area contributed by atoms with Crippen molar-refractivity contribution in [3.63, 3.8) is 0 Å². The van der Waals surface area contributed by atoms with Crippen molar-refractivity contribution in [2.45, 2.75) is 44.6 Å². The average Bonchev–Trinajstić information content (AvgIpc) is 2.86. The molecule has 0 bridgehead atoms. The van der Waals surface area contributed by atoms with Crippen molar-refractivity contribution in [3.8, 4) is 0 Å². The Labute approximate surface area is 116 Å². The van der Waals surface area contributed by atoms with Crippen molar-refractivity contribution in [3.05, 3.63) is 0 Å². The lowest BCUT2D eigenvalue weighted by Crippen LogP contribution is -2.48. The molecule has 8 heteroatoms. The van der Waals surface area contributed by atoms with Gasteiger partial charge in [0.05, 0.1) is 12.0 Å². The quantitative estimate of drug-likeness (QED) is 0.746. The first-order valence-corrected chi connectivity index (χ1v) is 5.91. The molecule has 1 saturated carbocycles. The van der Waals surface area contributed by atoms with Crippen LogP contribution in [0.5, 0.6) is 0 Å². The molecule has 1 aliphatic carbocycles. The van der Waals surface area contributed by atoms with Gasteiger partial charge in [0, 0.05) is 19.1 Å². The van der Waals surface area contributed by atoms with Gasteiger partial charge >= 0.3 is 12.3 Å². The first-order valence-electron chi connectivity index (χ1n) is 5.91. The zero-order valence-electron chi connectivity index (χ0n) is 11.0. The number of carbonyl (C=O) groups is 1. The van der Waals surface area contributed by atoms with E-state index in [9.17, 15) is 18.0 Å². The van der Waals surface area contributed by atoms with E-state index in [0.717, 1.165) is 0 Å². The number of carbonyl (C=O) groups excluding carboxylic acids is 1. The first-order chi connectivity index (χ1) is 8.11. The first kappa shape index (κ1) is 16.4. The molecule has 2 rings (SSSR count). The molecule has 0 aromatic heterocycles. The normalized spacial score (nSPS) is 30.2. The van der Waals surface area contributed by atoms with Crippen LogP contribution in [0.2, 0.25) is 0 Å². The van der Waals surface area contributed by atoms with Crippen molar-refractivity contribution in [2.75, 3.05) is 13.1 Å². The molecule has 2 aliphatic rings. The standard InChI is InChI=1S/C11H17F3N2O2.ClH/c1-10(2,3)18-9(17)16-5-4-15-7-6(8(7)16)11(12,13)14;/h6-8,15H,4-5H2,1-3H3;1H. The Balaban J connectivity index is 0.00000180. The molecule has 0 aromatic carbocycles. The van der Waals surface area contributed by atoms with Crippen LogP contribution in [0.4, 0.5) is 18.0 Å². The number of rotatable bonds is 0. The van der Waals surface area contributed by atoms with Crippen LogP contribution in [0.3, 0.4) is 0 Å². The van der Waals surface area contributed by atoms with Gasteiger partial charge in [-0.15, -0.1) is 12.4 Å². The Kier molecular flexibility index (Phi) is 4.32. The van der Waals surface area contributed by atoms with Crippen molar-refractivity contribution < 1.29 is 22.7 Å². The molecule has 1 saturated heterocycles. The van der Waals surface area contributed by atoms with Gasteiger partial charge in [0.25, 0.3) is 0 Å². The van der Waals surface area contributed by atoms with Crippen LogP contribution in [0, 0.1) is 5.92 Å². The SMILES string of the molecule is CC(C)(C)OC(=O)N1CCNC2C1C2C(F)(F)F.Cl. The fraction of sp³-hybridized carbons (Fsp3) is 0.909. The molecule has 1 N–H and O–H groups in total. The van der Waals surface area contributed by atoms with E-state index in [4.69, 9.17) is 4.74 Å². The molecule has 4 nitrogen and oxygen atoms in total. The van der Waals surface area contributed by atoms with Gasteiger partial charge in [0.1, 0.15) is 5.60 Å². The van der Waals surface area contributed by atoms with E-state index in [-0.39, 0.29) is 19.0 Å². The zero-order valence-corrected chi connectivity index (χ0v) is 11.8. The molecular weight excluding hydrogens is 285 g/mol. The minimum absolute atomic E-state index is 0. The summed E-state index contributed by atoms with van der Waals surface area (Å²) in [5, 5.41) is 2.79. The molecule has 112 valence electrons. The molecule has 19 heavy (non-hydrogen) atoms. The number of nitrogens with one attached hydrogen (secondary N) is 1. The van der Waals surface area contributed by atoms with Crippen LogP contribution in [-0.4, -0.2) is 47.9 Å². The molecule has 0 radical (unpaired) electrons. The lowest BCUT2D eigenvalue weighted by molar-refractivity contribution is -0.152. The molecule has 1 aliphatic heterocycles. The average molecular weight is 303 g/mol. The number of piperazine rings is 1. The van der Waals surface area contributed by atoms with Gasteiger partial charge in [0.2, 0.25) is 0 Å². The van der Waals surface area contributed by atoms with Crippen LogP contribution >= 0.6 is 12.4 Å². The number of ether oxygens (including phenoxy) is 1. The second kappa shape index (κ2) is 5.01. The maximum atomic E-state index is 12.7. The number of nitrogens with zero attached hydrogens (tertiary/aromatic N) is 1. The predicted octanol–water partition coefficient (Wildman–Crippen LogP) is 2.18. The third-order valence-electron chi connectivity index (χ3n) is 3.08. The largest absolute Gasteiger partial charge is 0.444 e. The minimum Gasteiger partial charge on any atom is -0.444 e. The van der Waals surface area contributed by atoms with E-state index in [2.05, 4.69) is 5.32 Å². The summed E-state index contributed by atoms with van der Waals surface area (Å²) in [7, 11) is 0. The molecule has 0 spiro atoms. The number of hydrogen-bond donors (Lipinski definition) is 1. The van der Waals surface area contributed by atoms with Crippen LogP contribution in [0.15, 0.2) is 0 Å². The van der Waals surface area contributed by atoms with E-state index in [0.29, 0.717) is 6.54 Å². The van der Waals surface area contributed by atoms with E-state index in [1.54, 1.807) is 20.8 Å². The van der Waals surface area contributed by atoms with Gasteiger partial charge in [-0.3, -0.25) is 0 Å². The monoisotopic (exact) mass is 302 g/mol. The summed E-state index contributed by atoms with van der Waals surface area (Å²) in [5.41, 5.74) is -0.694. The summed E-state index contributed by atoms with van der Waals surface area (Å²) in [6.07, 6.45) is -4.93. The Morgan fingerprint density at radius 3 is 2.37 bits per heavy atom. The predicted molar refractivity (Wildman–Crippen MR) is 65.3 cm³/mol. The smallest absolute Gasteiger partial charge is 0.410 e. The second-order valence-electron chi connectivity index (χ2n) is 5.71. The van der Waals surface area contributed by atoms with Crippen molar-refractivity contribution in [1.29, 1.82) is 0 Å². The van der Waals surface area contributed by atoms with Crippen molar-refractivity contribution >= 4 is 18.5 Å².